The number of rotatable bonds is 4. The Morgan fingerprint density at radius 2 is 2.00 bits per heavy atom. The van der Waals surface area contributed by atoms with Crippen molar-refractivity contribution in [1.82, 2.24) is 0 Å². The minimum absolute atomic E-state index is 0.316. The van der Waals surface area contributed by atoms with Crippen LogP contribution in [0, 0.1) is 0 Å². The van der Waals surface area contributed by atoms with E-state index in [1.807, 2.05) is 25.1 Å². The van der Waals surface area contributed by atoms with Crippen molar-refractivity contribution in [2.45, 2.75) is 26.7 Å². The third kappa shape index (κ3) is 5.18. The molecule has 0 atom stereocenters. The van der Waals surface area contributed by atoms with Gasteiger partial charge >= 0.3 is 5.97 Å². The van der Waals surface area contributed by atoms with Gasteiger partial charge in [-0.05, 0) is 30.9 Å². The first kappa shape index (κ1) is 12.3. The van der Waals surface area contributed by atoms with Gasteiger partial charge in [-0.2, -0.15) is 0 Å². The van der Waals surface area contributed by atoms with E-state index in [-0.39, 0.29) is 5.97 Å². The van der Waals surface area contributed by atoms with Gasteiger partial charge in [0.2, 0.25) is 0 Å². The molecule has 0 saturated carbocycles. The Bertz CT molecular complexity index is 398. The lowest BCUT2D eigenvalue weighted by Crippen LogP contribution is -1.89. The van der Waals surface area contributed by atoms with Gasteiger partial charge in [0.1, 0.15) is 6.26 Å². The first-order chi connectivity index (χ1) is 7.68. The fourth-order valence-electron chi connectivity index (χ4n) is 1.26. The molecular formula is C14H16O2. The van der Waals surface area contributed by atoms with Gasteiger partial charge in [0.25, 0.3) is 0 Å². The van der Waals surface area contributed by atoms with Gasteiger partial charge in [-0.3, -0.25) is 4.79 Å². The summed E-state index contributed by atoms with van der Waals surface area (Å²) in [7, 11) is 0. The summed E-state index contributed by atoms with van der Waals surface area (Å²) in [5, 5.41) is 0. The zero-order valence-electron chi connectivity index (χ0n) is 9.69. The largest absolute Gasteiger partial charge is 0.426 e. The van der Waals surface area contributed by atoms with Gasteiger partial charge in [-0.1, -0.05) is 36.1 Å². The highest BCUT2D eigenvalue weighted by Gasteiger charge is 1.92. The topological polar surface area (TPSA) is 26.3 Å². The molecule has 0 saturated heterocycles. The van der Waals surface area contributed by atoms with Gasteiger partial charge in [0.15, 0.2) is 0 Å². The number of ether oxygens (including phenoxy) is 1. The zero-order chi connectivity index (χ0) is 11.8. The highest BCUT2D eigenvalue weighted by atomic mass is 16.5. The lowest BCUT2D eigenvalue weighted by atomic mass is 10.1. The van der Waals surface area contributed by atoms with E-state index in [9.17, 15) is 4.79 Å². The normalized spacial score (nSPS) is 9.12. The van der Waals surface area contributed by atoms with Crippen molar-refractivity contribution in [1.29, 1.82) is 0 Å². The third-order valence-electron chi connectivity index (χ3n) is 2.16. The maximum absolute atomic E-state index is 10.5. The SMILES string of the molecule is CC(=O)OC=C=C(C)CCc1ccccc1. The molecule has 0 spiro atoms. The van der Waals surface area contributed by atoms with E-state index >= 15 is 0 Å². The summed E-state index contributed by atoms with van der Waals surface area (Å²) in [6.07, 6.45) is 3.22. The van der Waals surface area contributed by atoms with Crippen LogP contribution >= 0.6 is 0 Å². The maximum atomic E-state index is 10.5. The quantitative estimate of drug-likeness (QED) is 0.439. The van der Waals surface area contributed by atoms with E-state index in [0.717, 1.165) is 18.4 Å². The second-order valence-electron chi connectivity index (χ2n) is 3.64. The third-order valence-corrected chi connectivity index (χ3v) is 2.16. The molecule has 1 aromatic rings. The number of esters is 1. The second kappa shape index (κ2) is 6.65. The van der Waals surface area contributed by atoms with Crippen molar-refractivity contribution in [3.8, 4) is 0 Å². The van der Waals surface area contributed by atoms with Crippen molar-refractivity contribution in [2.24, 2.45) is 0 Å². The summed E-state index contributed by atoms with van der Waals surface area (Å²) in [6, 6.07) is 10.3. The van der Waals surface area contributed by atoms with E-state index in [4.69, 9.17) is 0 Å². The van der Waals surface area contributed by atoms with Crippen LogP contribution in [0.5, 0.6) is 0 Å². The number of allylic oxidation sites excluding steroid dienone is 1. The minimum Gasteiger partial charge on any atom is -0.426 e. The fraction of sp³-hybridized carbons (Fsp3) is 0.286. The molecule has 0 fully saturated rings. The first-order valence-electron chi connectivity index (χ1n) is 5.30. The maximum Gasteiger partial charge on any atom is 0.308 e. The van der Waals surface area contributed by atoms with Crippen LogP contribution in [0.3, 0.4) is 0 Å². The molecular weight excluding hydrogens is 200 g/mol. The number of hydrogen-bond acceptors (Lipinski definition) is 2. The van der Waals surface area contributed by atoms with Crippen LogP contribution in [0.1, 0.15) is 25.8 Å². The molecule has 0 bridgehead atoms. The van der Waals surface area contributed by atoms with Crippen molar-refractivity contribution in [3.63, 3.8) is 0 Å². The van der Waals surface area contributed by atoms with Crippen LogP contribution in [0.2, 0.25) is 0 Å². The molecule has 2 nitrogen and oxygen atoms in total. The molecule has 0 heterocycles. The van der Waals surface area contributed by atoms with Gasteiger partial charge in [0.05, 0.1) is 0 Å². The van der Waals surface area contributed by atoms with Crippen LogP contribution in [0.15, 0.2) is 47.9 Å². The molecule has 0 aromatic heterocycles. The van der Waals surface area contributed by atoms with Crippen LogP contribution in [0.25, 0.3) is 0 Å². The Labute approximate surface area is 96.2 Å². The molecule has 0 aliphatic rings. The summed E-state index contributed by atoms with van der Waals surface area (Å²) < 4.78 is 4.67. The average Bonchev–Trinajstić information content (AvgIpc) is 2.27. The van der Waals surface area contributed by atoms with E-state index in [1.165, 1.54) is 18.7 Å². The van der Waals surface area contributed by atoms with Crippen molar-refractivity contribution in [2.75, 3.05) is 0 Å². The average molecular weight is 216 g/mol. The van der Waals surface area contributed by atoms with Crippen LogP contribution < -0.4 is 0 Å². The molecule has 0 radical (unpaired) electrons. The van der Waals surface area contributed by atoms with Gasteiger partial charge in [-0.25, -0.2) is 0 Å². The van der Waals surface area contributed by atoms with Crippen LogP contribution in [-0.2, 0) is 16.0 Å². The van der Waals surface area contributed by atoms with Crippen molar-refractivity contribution < 1.29 is 9.53 Å². The number of hydrogen-bond donors (Lipinski definition) is 0. The second-order valence-corrected chi connectivity index (χ2v) is 3.64. The lowest BCUT2D eigenvalue weighted by Gasteiger charge is -1.99. The van der Waals surface area contributed by atoms with E-state index in [2.05, 4.69) is 22.6 Å². The van der Waals surface area contributed by atoms with Crippen LogP contribution in [-0.4, -0.2) is 5.97 Å². The summed E-state index contributed by atoms with van der Waals surface area (Å²) in [5.74, 6) is -0.316. The van der Waals surface area contributed by atoms with Crippen LogP contribution in [0.4, 0.5) is 0 Å². The van der Waals surface area contributed by atoms with E-state index in [0.29, 0.717) is 0 Å². The molecule has 0 aliphatic heterocycles. The van der Waals surface area contributed by atoms with Crippen molar-refractivity contribution in [3.05, 3.63) is 53.5 Å². The molecule has 0 amide bonds. The fourth-order valence-corrected chi connectivity index (χ4v) is 1.26. The molecule has 16 heavy (non-hydrogen) atoms. The predicted molar refractivity (Wildman–Crippen MR) is 63.8 cm³/mol. The Morgan fingerprint density at radius 1 is 1.31 bits per heavy atom. The van der Waals surface area contributed by atoms with Crippen molar-refractivity contribution >= 4 is 5.97 Å². The van der Waals surface area contributed by atoms with Gasteiger partial charge in [0, 0.05) is 6.92 Å². The number of carbonyl (C=O) groups is 1. The Hall–Kier alpha value is -1.79. The Balaban J connectivity index is 2.43. The molecule has 84 valence electrons. The predicted octanol–water partition coefficient (Wildman–Crippen LogP) is 3.24. The van der Waals surface area contributed by atoms with E-state index < -0.39 is 0 Å². The first-order valence-corrected chi connectivity index (χ1v) is 5.30. The minimum atomic E-state index is -0.316. The number of aryl methyl sites for hydroxylation is 1. The Kier molecular flexibility index (Phi) is 5.10. The van der Waals surface area contributed by atoms with E-state index in [1.54, 1.807) is 0 Å². The van der Waals surface area contributed by atoms with Gasteiger partial charge < -0.3 is 4.74 Å². The standard InChI is InChI=1S/C14H16O2/c1-12(10-11-16-13(2)15)8-9-14-6-4-3-5-7-14/h3-7,11H,8-9H2,1-2H3. The molecule has 0 aliphatic carbocycles. The monoisotopic (exact) mass is 216 g/mol. The zero-order valence-corrected chi connectivity index (χ0v) is 9.69. The summed E-state index contributed by atoms with van der Waals surface area (Å²) in [6.45, 7) is 3.35. The molecule has 2 heteroatoms. The Morgan fingerprint density at radius 3 is 2.62 bits per heavy atom. The molecule has 1 aromatic carbocycles. The summed E-state index contributed by atoms with van der Waals surface area (Å²) in [5.41, 5.74) is 5.31. The molecule has 1 rings (SSSR count). The highest BCUT2D eigenvalue weighted by molar-refractivity contribution is 5.66. The van der Waals surface area contributed by atoms with Gasteiger partial charge in [-0.15, -0.1) is 0 Å². The molecule has 0 N–H and O–H groups in total. The summed E-state index contributed by atoms with van der Waals surface area (Å²) >= 11 is 0. The number of carbonyl (C=O) groups excluding carboxylic acids is 1. The molecule has 0 unspecified atom stereocenters. The number of benzene rings is 1. The highest BCUT2D eigenvalue weighted by Crippen LogP contribution is 2.07. The summed E-state index contributed by atoms with van der Waals surface area (Å²) in [4.78, 5) is 10.5. The smallest absolute Gasteiger partial charge is 0.308 e. The lowest BCUT2D eigenvalue weighted by molar-refractivity contribution is -0.135.